The second-order valence-electron chi connectivity index (χ2n) is 6.31. The number of nitrogens with zero attached hydrogens (tertiary/aromatic N) is 2. The van der Waals surface area contributed by atoms with Gasteiger partial charge in [-0.05, 0) is 42.3 Å². The summed E-state index contributed by atoms with van der Waals surface area (Å²) in [6.07, 6.45) is -4.33. The first-order chi connectivity index (χ1) is 13.0. The molecule has 0 bridgehead atoms. The van der Waals surface area contributed by atoms with Crippen LogP contribution >= 0.6 is 23.2 Å². The van der Waals surface area contributed by atoms with E-state index in [0.29, 0.717) is 27.2 Å². The van der Waals surface area contributed by atoms with Crippen molar-refractivity contribution >= 4 is 40.2 Å². The highest BCUT2D eigenvalue weighted by atomic mass is 35.5. The molecule has 0 saturated heterocycles. The van der Waals surface area contributed by atoms with E-state index in [1.54, 1.807) is 24.6 Å². The normalized spacial score (nSPS) is 11.9. The van der Waals surface area contributed by atoms with Crippen molar-refractivity contribution in [2.24, 2.45) is 7.05 Å². The molecule has 1 aromatic carbocycles. The summed E-state index contributed by atoms with van der Waals surface area (Å²) in [7, 11) is 2.86. The average Bonchev–Trinajstić information content (AvgIpc) is 2.94. The van der Waals surface area contributed by atoms with Gasteiger partial charge in [0.05, 0.1) is 17.7 Å². The molecule has 2 aromatic heterocycles. The van der Waals surface area contributed by atoms with E-state index in [2.05, 4.69) is 4.98 Å². The van der Waals surface area contributed by atoms with Gasteiger partial charge in [0.1, 0.15) is 11.3 Å². The number of carbonyl (C=O) groups is 1. The van der Waals surface area contributed by atoms with Gasteiger partial charge in [-0.1, -0.05) is 23.2 Å². The van der Waals surface area contributed by atoms with Crippen molar-refractivity contribution in [1.82, 2.24) is 9.55 Å². The number of benzene rings is 1. The Hall–Kier alpha value is -2.25. The van der Waals surface area contributed by atoms with Gasteiger partial charge in [0, 0.05) is 29.6 Å². The summed E-state index contributed by atoms with van der Waals surface area (Å²) in [4.78, 5) is 15.6. The molecule has 2 heterocycles. The van der Waals surface area contributed by atoms with Crippen LogP contribution in [0.1, 0.15) is 32.9 Å². The lowest BCUT2D eigenvalue weighted by Gasteiger charge is -2.11. The third-order valence-corrected chi connectivity index (χ3v) is 5.33. The van der Waals surface area contributed by atoms with Crippen LogP contribution in [0.25, 0.3) is 11.0 Å². The highest BCUT2D eigenvalue weighted by Crippen LogP contribution is 2.34. The van der Waals surface area contributed by atoms with Gasteiger partial charge in [-0.3, -0.25) is 0 Å². The Morgan fingerprint density at radius 1 is 1.25 bits per heavy atom. The molecule has 9 heteroatoms. The molecule has 0 aliphatic carbocycles. The lowest BCUT2D eigenvalue weighted by atomic mass is 10.1. The number of esters is 1. The molecule has 0 spiro atoms. The summed E-state index contributed by atoms with van der Waals surface area (Å²) < 4.78 is 45.5. The van der Waals surface area contributed by atoms with Crippen LogP contribution in [0.4, 0.5) is 13.2 Å². The summed E-state index contributed by atoms with van der Waals surface area (Å²) in [5.41, 5.74) is 1.00. The van der Waals surface area contributed by atoms with Crippen molar-refractivity contribution in [3.05, 3.63) is 62.4 Å². The SMILES string of the molecule is COC(=O)c1ccc(Cl)c(Cc2cc3c(C)cc(C(F)(F)F)nc3n2C)c1Cl. The number of halogens is 5. The zero-order chi connectivity index (χ0) is 20.8. The number of aryl methyl sites for hydroxylation is 2. The smallest absolute Gasteiger partial charge is 0.433 e. The van der Waals surface area contributed by atoms with Gasteiger partial charge in [-0.15, -0.1) is 0 Å². The van der Waals surface area contributed by atoms with Crippen LogP contribution in [-0.2, 0) is 24.4 Å². The highest BCUT2D eigenvalue weighted by molar-refractivity contribution is 6.38. The molecule has 148 valence electrons. The number of fused-ring (bicyclic) bond motifs is 1. The molecule has 3 aromatic rings. The molecule has 3 rings (SSSR count). The lowest BCUT2D eigenvalue weighted by Crippen LogP contribution is -2.09. The summed E-state index contributed by atoms with van der Waals surface area (Å²) in [6.45, 7) is 1.60. The quantitative estimate of drug-likeness (QED) is 0.509. The molecule has 0 radical (unpaired) electrons. The van der Waals surface area contributed by atoms with E-state index in [9.17, 15) is 18.0 Å². The fourth-order valence-electron chi connectivity index (χ4n) is 3.02. The van der Waals surface area contributed by atoms with Crippen LogP contribution in [0.5, 0.6) is 0 Å². The average molecular weight is 431 g/mol. The predicted molar refractivity (Wildman–Crippen MR) is 101 cm³/mol. The number of ether oxygens (including phenoxy) is 1. The van der Waals surface area contributed by atoms with Crippen molar-refractivity contribution in [3.63, 3.8) is 0 Å². The lowest BCUT2D eigenvalue weighted by molar-refractivity contribution is -0.141. The Labute approximate surface area is 168 Å². The molecule has 0 atom stereocenters. The van der Waals surface area contributed by atoms with Crippen LogP contribution in [0.15, 0.2) is 24.3 Å². The van der Waals surface area contributed by atoms with E-state index in [1.807, 2.05) is 0 Å². The molecule has 0 fully saturated rings. The number of hydrogen-bond acceptors (Lipinski definition) is 3. The van der Waals surface area contributed by atoms with Crippen molar-refractivity contribution < 1.29 is 22.7 Å². The first-order valence-corrected chi connectivity index (χ1v) is 8.88. The van der Waals surface area contributed by atoms with E-state index in [0.717, 1.165) is 6.07 Å². The van der Waals surface area contributed by atoms with Gasteiger partial charge in [-0.25, -0.2) is 9.78 Å². The van der Waals surface area contributed by atoms with Gasteiger partial charge in [0.15, 0.2) is 0 Å². The van der Waals surface area contributed by atoms with Crippen LogP contribution in [-0.4, -0.2) is 22.6 Å². The number of methoxy groups -OCH3 is 1. The minimum absolute atomic E-state index is 0.144. The molecular weight excluding hydrogens is 416 g/mol. The van der Waals surface area contributed by atoms with Crippen molar-refractivity contribution in [1.29, 1.82) is 0 Å². The number of pyridine rings is 1. The van der Waals surface area contributed by atoms with E-state index in [1.165, 1.54) is 19.2 Å². The summed E-state index contributed by atoms with van der Waals surface area (Å²) in [5.74, 6) is -0.604. The molecule has 4 nitrogen and oxygen atoms in total. The van der Waals surface area contributed by atoms with Crippen LogP contribution in [0.3, 0.4) is 0 Å². The topological polar surface area (TPSA) is 44.1 Å². The number of hydrogen-bond donors (Lipinski definition) is 0. The van der Waals surface area contributed by atoms with Gasteiger partial charge >= 0.3 is 12.1 Å². The van der Waals surface area contributed by atoms with Gasteiger partial charge in [0.2, 0.25) is 0 Å². The first-order valence-electron chi connectivity index (χ1n) is 8.13. The third-order valence-electron chi connectivity index (χ3n) is 4.54. The number of carbonyl (C=O) groups excluding carboxylic acids is 1. The van der Waals surface area contributed by atoms with E-state index in [4.69, 9.17) is 27.9 Å². The molecule has 28 heavy (non-hydrogen) atoms. The maximum atomic E-state index is 13.1. The fourth-order valence-corrected chi connectivity index (χ4v) is 3.60. The second kappa shape index (κ2) is 7.29. The first kappa shape index (κ1) is 20.5. The molecule has 0 N–H and O–H groups in total. The van der Waals surface area contributed by atoms with Crippen molar-refractivity contribution in [2.75, 3.05) is 7.11 Å². The Morgan fingerprint density at radius 3 is 2.54 bits per heavy atom. The second-order valence-corrected chi connectivity index (χ2v) is 7.10. The molecular formula is C19H15Cl2F3N2O2. The molecule has 0 aliphatic rings. The molecule has 0 amide bonds. The summed E-state index contributed by atoms with van der Waals surface area (Å²) in [5, 5.41) is 1.08. The third kappa shape index (κ3) is 3.56. The Morgan fingerprint density at radius 2 is 1.93 bits per heavy atom. The zero-order valence-electron chi connectivity index (χ0n) is 15.1. The monoisotopic (exact) mass is 430 g/mol. The Kier molecular flexibility index (Phi) is 5.34. The maximum absolute atomic E-state index is 13.1. The zero-order valence-corrected chi connectivity index (χ0v) is 16.6. The molecule has 0 saturated carbocycles. The van der Waals surface area contributed by atoms with Crippen molar-refractivity contribution in [2.45, 2.75) is 19.5 Å². The summed E-state index contributed by atoms with van der Waals surface area (Å²) in [6, 6.07) is 5.75. The van der Waals surface area contributed by atoms with Gasteiger partial charge in [-0.2, -0.15) is 13.2 Å². The van der Waals surface area contributed by atoms with Crippen LogP contribution in [0.2, 0.25) is 10.0 Å². The maximum Gasteiger partial charge on any atom is 0.433 e. The highest BCUT2D eigenvalue weighted by Gasteiger charge is 2.33. The largest absolute Gasteiger partial charge is 0.465 e. The van der Waals surface area contributed by atoms with E-state index in [-0.39, 0.29) is 22.7 Å². The summed E-state index contributed by atoms with van der Waals surface area (Å²) >= 11 is 12.6. The van der Waals surface area contributed by atoms with Crippen molar-refractivity contribution in [3.8, 4) is 0 Å². The number of rotatable bonds is 3. The standard InChI is InChI=1S/C19H15Cl2F3N2O2/c1-9-6-15(19(22,23)24)25-17-12(9)7-10(26(17)2)8-13-14(20)5-4-11(16(13)21)18(27)28-3/h4-7H,8H2,1-3H3. The fraction of sp³-hybridized carbons (Fsp3) is 0.263. The Balaban J connectivity index is 2.13. The predicted octanol–water partition coefficient (Wildman–Crippen LogP) is 5.58. The van der Waals surface area contributed by atoms with Crippen LogP contribution in [0, 0.1) is 6.92 Å². The van der Waals surface area contributed by atoms with E-state index < -0.39 is 17.8 Å². The van der Waals surface area contributed by atoms with Gasteiger partial charge < -0.3 is 9.30 Å². The van der Waals surface area contributed by atoms with E-state index >= 15 is 0 Å². The number of alkyl halides is 3. The minimum Gasteiger partial charge on any atom is -0.465 e. The molecule has 0 unspecified atom stereocenters. The number of aromatic nitrogens is 2. The van der Waals surface area contributed by atoms with Crippen LogP contribution < -0.4 is 0 Å². The Bertz CT molecular complexity index is 1090. The molecule has 0 aliphatic heterocycles. The minimum atomic E-state index is -4.54. The van der Waals surface area contributed by atoms with Gasteiger partial charge in [0.25, 0.3) is 0 Å².